The Hall–Kier alpha value is -2.88. The fraction of sp³-hybridized carbons (Fsp3) is 0.217. The van der Waals surface area contributed by atoms with Gasteiger partial charge in [-0.15, -0.1) is 0 Å². The fourth-order valence-electron chi connectivity index (χ4n) is 4.57. The first-order chi connectivity index (χ1) is 12.9. The van der Waals surface area contributed by atoms with E-state index in [-0.39, 0.29) is 5.41 Å². The minimum atomic E-state index is -0.598. The van der Waals surface area contributed by atoms with Gasteiger partial charge in [0.25, 0.3) is 0 Å². The summed E-state index contributed by atoms with van der Waals surface area (Å²) < 4.78 is 40.3. The summed E-state index contributed by atoms with van der Waals surface area (Å²) in [4.78, 5) is 0. The van der Waals surface area contributed by atoms with Gasteiger partial charge in [0, 0.05) is 17.0 Å². The van der Waals surface area contributed by atoms with Crippen molar-refractivity contribution in [1.82, 2.24) is 0 Å². The van der Waals surface area contributed by atoms with Crippen LogP contribution in [0.2, 0.25) is 0 Å². The van der Waals surface area contributed by atoms with Gasteiger partial charge in [0.15, 0.2) is 0 Å². The zero-order chi connectivity index (χ0) is 18.9. The lowest BCUT2D eigenvalue weighted by Gasteiger charge is -2.27. The Morgan fingerprint density at radius 2 is 1.93 bits per heavy atom. The van der Waals surface area contributed by atoms with Crippen molar-refractivity contribution in [2.45, 2.75) is 19.3 Å². The van der Waals surface area contributed by atoms with E-state index in [1.165, 1.54) is 6.07 Å². The molecule has 0 unspecified atom stereocenters. The summed E-state index contributed by atoms with van der Waals surface area (Å²) in [6, 6.07) is 8.21. The highest BCUT2D eigenvalue weighted by atomic mass is 19.1. The maximum absolute atomic E-state index is 14.8. The number of hydrogen-bond donors (Lipinski definition) is 0. The largest absolute Gasteiger partial charge is 0.497 e. The summed E-state index contributed by atoms with van der Waals surface area (Å²) in [5.74, 6) is 0.0703. The zero-order valence-corrected chi connectivity index (χ0v) is 15.3. The Morgan fingerprint density at radius 3 is 2.70 bits per heavy atom. The summed E-state index contributed by atoms with van der Waals surface area (Å²) in [6.07, 6.45) is 3.92. The molecule has 1 aliphatic heterocycles. The molecule has 3 aromatic carbocycles. The van der Waals surface area contributed by atoms with Crippen LogP contribution in [0, 0.1) is 11.6 Å². The molecule has 0 saturated carbocycles. The molecular formula is C23H18F2O2. The first-order valence-electron chi connectivity index (χ1n) is 8.91. The van der Waals surface area contributed by atoms with E-state index in [0.717, 1.165) is 39.6 Å². The van der Waals surface area contributed by atoms with E-state index in [2.05, 4.69) is 13.8 Å². The second-order valence-electron chi connectivity index (χ2n) is 7.55. The number of methoxy groups -OCH3 is 1. The molecule has 1 heterocycles. The van der Waals surface area contributed by atoms with Crippen molar-refractivity contribution >= 4 is 16.8 Å². The maximum Gasteiger partial charge on any atom is 0.138 e. The third kappa shape index (κ3) is 2.04. The van der Waals surface area contributed by atoms with E-state index in [4.69, 9.17) is 9.47 Å². The highest BCUT2D eigenvalue weighted by Gasteiger charge is 2.41. The average Bonchev–Trinajstić information content (AvgIpc) is 2.89. The van der Waals surface area contributed by atoms with Crippen LogP contribution < -0.4 is 9.47 Å². The predicted molar refractivity (Wildman–Crippen MR) is 103 cm³/mol. The van der Waals surface area contributed by atoms with Crippen LogP contribution in [0.15, 0.2) is 36.4 Å². The second-order valence-corrected chi connectivity index (χ2v) is 7.55. The third-order valence-corrected chi connectivity index (χ3v) is 5.72. The Kier molecular flexibility index (Phi) is 3.21. The highest BCUT2D eigenvalue weighted by molar-refractivity contribution is 6.08. The van der Waals surface area contributed by atoms with Crippen molar-refractivity contribution in [1.29, 1.82) is 0 Å². The molecule has 3 aromatic rings. The molecular weight excluding hydrogens is 346 g/mol. The first kappa shape index (κ1) is 16.3. The van der Waals surface area contributed by atoms with Crippen LogP contribution in [0.3, 0.4) is 0 Å². The minimum absolute atomic E-state index is 0.342. The molecule has 0 aromatic heterocycles. The fourth-order valence-corrected chi connectivity index (χ4v) is 4.57. The predicted octanol–water partition coefficient (Wildman–Crippen LogP) is 5.84. The van der Waals surface area contributed by atoms with Crippen LogP contribution in [-0.4, -0.2) is 13.7 Å². The maximum atomic E-state index is 14.8. The van der Waals surface area contributed by atoms with Gasteiger partial charge in [0.2, 0.25) is 0 Å². The quantitative estimate of drug-likeness (QED) is 0.540. The molecule has 136 valence electrons. The lowest BCUT2D eigenvalue weighted by molar-refractivity contribution is 0.360. The normalized spacial score (nSPS) is 15.9. The molecule has 0 bridgehead atoms. The second kappa shape index (κ2) is 5.32. The molecule has 1 aliphatic carbocycles. The van der Waals surface area contributed by atoms with Crippen LogP contribution in [0.4, 0.5) is 8.78 Å². The highest BCUT2D eigenvalue weighted by Crippen LogP contribution is 2.57. The van der Waals surface area contributed by atoms with Crippen molar-refractivity contribution in [2.75, 3.05) is 13.7 Å². The molecule has 0 radical (unpaired) electrons. The zero-order valence-electron chi connectivity index (χ0n) is 15.3. The molecule has 5 rings (SSSR count). The molecule has 0 spiro atoms. The summed E-state index contributed by atoms with van der Waals surface area (Å²) >= 11 is 0. The Bertz CT molecular complexity index is 1160. The minimum Gasteiger partial charge on any atom is -0.497 e. The van der Waals surface area contributed by atoms with E-state index >= 15 is 0 Å². The van der Waals surface area contributed by atoms with Gasteiger partial charge in [-0.3, -0.25) is 0 Å². The Morgan fingerprint density at radius 1 is 1.11 bits per heavy atom. The van der Waals surface area contributed by atoms with Gasteiger partial charge in [0.05, 0.1) is 12.5 Å². The molecule has 2 aliphatic rings. The number of hydrogen-bond acceptors (Lipinski definition) is 2. The topological polar surface area (TPSA) is 18.5 Å². The molecule has 0 saturated heterocycles. The van der Waals surface area contributed by atoms with Crippen molar-refractivity contribution < 1.29 is 18.3 Å². The van der Waals surface area contributed by atoms with Crippen LogP contribution in [0.1, 0.15) is 30.5 Å². The van der Waals surface area contributed by atoms with Crippen molar-refractivity contribution in [3.8, 4) is 22.6 Å². The van der Waals surface area contributed by atoms with E-state index in [1.54, 1.807) is 7.11 Å². The summed E-state index contributed by atoms with van der Waals surface area (Å²) in [5, 5.41) is 0.891. The molecule has 4 heteroatoms. The van der Waals surface area contributed by atoms with Crippen LogP contribution in [0.5, 0.6) is 11.5 Å². The van der Waals surface area contributed by atoms with Gasteiger partial charge in [-0.05, 0) is 51.9 Å². The van der Waals surface area contributed by atoms with Gasteiger partial charge >= 0.3 is 0 Å². The summed E-state index contributed by atoms with van der Waals surface area (Å²) in [7, 11) is 1.63. The number of ether oxygens (including phenoxy) is 2. The van der Waals surface area contributed by atoms with Gasteiger partial charge in [-0.25, -0.2) is 8.78 Å². The molecule has 0 atom stereocenters. The van der Waals surface area contributed by atoms with Crippen molar-refractivity contribution in [3.63, 3.8) is 0 Å². The number of benzene rings is 3. The van der Waals surface area contributed by atoms with Gasteiger partial charge < -0.3 is 9.47 Å². The van der Waals surface area contributed by atoms with Gasteiger partial charge in [-0.2, -0.15) is 0 Å². The molecule has 0 N–H and O–H groups in total. The van der Waals surface area contributed by atoms with Crippen LogP contribution >= 0.6 is 0 Å². The Labute approximate surface area is 156 Å². The number of rotatable bonds is 1. The van der Waals surface area contributed by atoms with E-state index in [9.17, 15) is 8.78 Å². The van der Waals surface area contributed by atoms with Crippen molar-refractivity contribution in [2.24, 2.45) is 0 Å². The smallest absolute Gasteiger partial charge is 0.138 e. The van der Waals surface area contributed by atoms with Crippen LogP contribution in [-0.2, 0) is 5.41 Å². The molecule has 2 nitrogen and oxygen atoms in total. The van der Waals surface area contributed by atoms with E-state index in [0.29, 0.717) is 23.1 Å². The van der Waals surface area contributed by atoms with E-state index in [1.807, 2.05) is 30.4 Å². The first-order valence-corrected chi connectivity index (χ1v) is 8.91. The summed E-state index contributed by atoms with van der Waals surface area (Å²) in [5.41, 5.74) is 4.48. The lowest BCUT2D eigenvalue weighted by Crippen LogP contribution is -2.18. The average molecular weight is 364 g/mol. The molecule has 27 heavy (non-hydrogen) atoms. The van der Waals surface area contributed by atoms with Crippen LogP contribution in [0.25, 0.3) is 28.0 Å². The third-order valence-electron chi connectivity index (χ3n) is 5.72. The summed E-state index contributed by atoms with van der Waals surface area (Å²) in [6.45, 7) is 4.63. The number of fused-ring (bicyclic) bond motifs is 8. The lowest BCUT2D eigenvalue weighted by atomic mass is 9.78. The standard InChI is InChI=1S/C23H18F2O2/c1-23(2)17-11-13(26-3)6-7-14(17)19-16-9-12(24)10-18(25)20(16)22-15(21(19)23)5-4-8-27-22/h4-7,9-11H,8H2,1-3H3. The van der Waals surface area contributed by atoms with E-state index < -0.39 is 11.6 Å². The van der Waals surface area contributed by atoms with Gasteiger partial charge in [0.1, 0.15) is 29.7 Å². The van der Waals surface area contributed by atoms with Crippen molar-refractivity contribution in [3.05, 3.63) is 64.7 Å². The molecule has 0 amide bonds. The SMILES string of the molecule is COc1ccc2c(c1)C(C)(C)c1c3c(c4c(F)cc(F)cc4c1-2)OCC=C3. The van der Waals surface area contributed by atoms with Gasteiger partial charge in [-0.1, -0.05) is 26.0 Å². The molecule has 0 fully saturated rings. The Balaban J connectivity index is 2.02. The number of halogens is 2. The monoisotopic (exact) mass is 364 g/mol.